The lowest BCUT2D eigenvalue weighted by molar-refractivity contribution is 0.546. The number of hydrogen-bond donors (Lipinski definition) is 1. The van der Waals surface area contributed by atoms with Gasteiger partial charge in [-0.2, -0.15) is 0 Å². The Morgan fingerprint density at radius 1 is 1.19 bits per heavy atom. The van der Waals surface area contributed by atoms with Crippen molar-refractivity contribution in [1.82, 2.24) is 0 Å². The molecule has 0 aromatic rings. The predicted octanol–water partition coefficient (Wildman–Crippen LogP) is 4.42. The van der Waals surface area contributed by atoms with E-state index in [4.69, 9.17) is 5.73 Å². The highest BCUT2D eigenvalue weighted by molar-refractivity contribution is 5.32. The van der Waals surface area contributed by atoms with Crippen molar-refractivity contribution < 1.29 is 4.39 Å². The molecule has 0 aromatic carbocycles. The second kappa shape index (κ2) is 16.5. The van der Waals surface area contributed by atoms with Gasteiger partial charge in [0.1, 0.15) is 6.67 Å². The average Bonchev–Trinajstić information content (AvgIpc) is 2.39. The van der Waals surface area contributed by atoms with Gasteiger partial charge in [0.15, 0.2) is 0 Å². The van der Waals surface area contributed by atoms with Gasteiger partial charge < -0.3 is 5.73 Å². The molecular formula is C14H28FN. The Hall–Kier alpha value is -0.890. The lowest BCUT2D eigenvalue weighted by Crippen LogP contribution is -2.03. The third-order valence-corrected chi connectivity index (χ3v) is 1.72. The monoisotopic (exact) mass is 229 g/mol. The van der Waals surface area contributed by atoms with Crippen molar-refractivity contribution in [1.29, 1.82) is 0 Å². The van der Waals surface area contributed by atoms with Crippen LogP contribution in [0.15, 0.2) is 35.5 Å². The molecular weight excluding hydrogens is 201 g/mol. The maximum absolute atomic E-state index is 12.4. The van der Waals surface area contributed by atoms with Gasteiger partial charge in [-0.1, -0.05) is 57.6 Å². The molecule has 1 nitrogen and oxygen atoms in total. The number of hydrogen-bond acceptors (Lipinski definition) is 1. The highest BCUT2D eigenvalue weighted by Crippen LogP contribution is 2.08. The van der Waals surface area contributed by atoms with Gasteiger partial charge in [-0.05, 0) is 19.4 Å². The van der Waals surface area contributed by atoms with Gasteiger partial charge in [-0.15, -0.1) is 0 Å². The minimum atomic E-state index is -0.464. The normalized spacial score (nSPS) is 11.4. The minimum absolute atomic E-state index is 0.403. The van der Waals surface area contributed by atoms with Gasteiger partial charge >= 0.3 is 0 Å². The highest BCUT2D eigenvalue weighted by Gasteiger charge is 1.97. The number of allylic oxidation sites excluding steroid dienone is 4. The molecule has 2 N–H and O–H groups in total. The zero-order valence-corrected chi connectivity index (χ0v) is 11.7. The Labute approximate surface area is 101 Å². The maximum atomic E-state index is 12.4. The van der Waals surface area contributed by atoms with Crippen LogP contribution in [-0.2, 0) is 0 Å². The lowest BCUT2D eigenvalue weighted by Gasteiger charge is -2.02. The summed E-state index contributed by atoms with van der Waals surface area (Å²) in [5.74, 6) is 0. The van der Waals surface area contributed by atoms with E-state index >= 15 is 0 Å². The van der Waals surface area contributed by atoms with E-state index in [-0.39, 0.29) is 0 Å². The third kappa shape index (κ3) is 11.2. The molecule has 0 saturated heterocycles. The fourth-order valence-electron chi connectivity index (χ4n) is 0.741. The summed E-state index contributed by atoms with van der Waals surface area (Å²) in [5.41, 5.74) is 7.89. The Bertz CT molecular complexity index is 215. The van der Waals surface area contributed by atoms with Gasteiger partial charge in [-0.3, -0.25) is 0 Å². The average molecular weight is 229 g/mol. The van der Waals surface area contributed by atoms with Crippen LogP contribution in [0.5, 0.6) is 0 Å². The van der Waals surface area contributed by atoms with E-state index in [1.54, 1.807) is 12.2 Å². The van der Waals surface area contributed by atoms with Crippen molar-refractivity contribution in [3.63, 3.8) is 0 Å². The molecule has 0 bridgehead atoms. The molecule has 0 aliphatic rings. The number of alkyl halides is 1. The zero-order chi connectivity index (χ0) is 13.6. The summed E-state index contributed by atoms with van der Waals surface area (Å²) in [4.78, 5) is 0. The summed E-state index contributed by atoms with van der Waals surface area (Å²) in [7, 11) is 0. The molecule has 0 aromatic heterocycles. The quantitative estimate of drug-likeness (QED) is 0.710. The second-order valence-electron chi connectivity index (χ2n) is 2.74. The van der Waals surface area contributed by atoms with E-state index in [1.807, 2.05) is 41.5 Å². The smallest absolute Gasteiger partial charge is 0.115 e. The molecule has 0 heterocycles. The topological polar surface area (TPSA) is 26.0 Å². The first kappa shape index (κ1) is 20.5. The largest absolute Gasteiger partial charge is 0.327 e. The van der Waals surface area contributed by atoms with Crippen LogP contribution >= 0.6 is 0 Å². The van der Waals surface area contributed by atoms with Crippen molar-refractivity contribution in [2.75, 3.05) is 13.2 Å². The SMILES string of the molecule is C=C/C(C)=C\C(CF)=C(/C)CN.CC.CC. The van der Waals surface area contributed by atoms with Gasteiger partial charge in [-0.25, -0.2) is 4.39 Å². The highest BCUT2D eigenvalue weighted by atomic mass is 19.1. The fraction of sp³-hybridized carbons (Fsp3) is 0.571. The standard InChI is InChI=1S/C10H16FN.2C2H6/c1-4-8(2)5-10(6-11)9(3)7-12;2*1-2/h4-5H,1,6-7,12H2,2-3H3;2*1-2H3/b8-5-,10-9-;;. The van der Waals surface area contributed by atoms with E-state index < -0.39 is 6.67 Å². The van der Waals surface area contributed by atoms with Crippen LogP contribution in [-0.4, -0.2) is 13.2 Å². The van der Waals surface area contributed by atoms with Gasteiger partial charge in [0.25, 0.3) is 0 Å². The first-order chi connectivity index (χ1) is 7.65. The van der Waals surface area contributed by atoms with Crippen molar-refractivity contribution in [2.24, 2.45) is 5.73 Å². The molecule has 0 unspecified atom stereocenters. The summed E-state index contributed by atoms with van der Waals surface area (Å²) in [5, 5.41) is 0. The molecule has 0 amide bonds. The summed E-state index contributed by atoms with van der Waals surface area (Å²) in [6.07, 6.45) is 3.47. The summed E-state index contributed by atoms with van der Waals surface area (Å²) in [6.45, 7) is 15.2. The third-order valence-electron chi connectivity index (χ3n) is 1.72. The minimum Gasteiger partial charge on any atom is -0.327 e. The van der Waals surface area contributed by atoms with Gasteiger partial charge in [0.05, 0.1) is 0 Å². The van der Waals surface area contributed by atoms with Crippen LogP contribution < -0.4 is 5.73 Å². The number of halogens is 1. The van der Waals surface area contributed by atoms with Crippen molar-refractivity contribution in [3.05, 3.63) is 35.5 Å². The van der Waals surface area contributed by atoms with Crippen LogP contribution in [0, 0.1) is 0 Å². The van der Waals surface area contributed by atoms with Crippen molar-refractivity contribution >= 4 is 0 Å². The Balaban J connectivity index is -0.000000376. The molecule has 16 heavy (non-hydrogen) atoms. The van der Waals surface area contributed by atoms with E-state index in [1.165, 1.54) is 0 Å². The first-order valence-corrected chi connectivity index (χ1v) is 5.91. The Morgan fingerprint density at radius 3 is 1.88 bits per heavy atom. The van der Waals surface area contributed by atoms with Crippen LogP contribution in [0.3, 0.4) is 0 Å². The fourth-order valence-corrected chi connectivity index (χ4v) is 0.741. The molecule has 96 valence electrons. The summed E-state index contributed by atoms with van der Waals surface area (Å²) in [6, 6.07) is 0. The molecule has 0 rings (SSSR count). The maximum Gasteiger partial charge on any atom is 0.115 e. The molecule has 0 fully saturated rings. The molecule has 0 aliphatic carbocycles. The van der Waals surface area contributed by atoms with Crippen LogP contribution in [0.4, 0.5) is 4.39 Å². The van der Waals surface area contributed by atoms with Crippen molar-refractivity contribution in [2.45, 2.75) is 41.5 Å². The van der Waals surface area contributed by atoms with Gasteiger partial charge in [0, 0.05) is 6.54 Å². The first-order valence-electron chi connectivity index (χ1n) is 5.91. The lowest BCUT2D eigenvalue weighted by atomic mass is 10.1. The molecule has 0 atom stereocenters. The number of rotatable bonds is 4. The van der Waals surface area contributed by atoms with Crippen LogP contribution in [0.1, 0.15) is 41.5 Å². The molecule has 0 spiro atoms. The van der Waals surface area contributed by atoms with Crippen molar-refractivity contribution in [3.8, 4) is 0 Å². The Kier molecular flexibility index (Phi) is 21.2. The van der Waals surface area contributed by atoms with Crippen LogP contribution in [0.2, 0.25) is 0 Å². The number of nitrogens with two attached hydrogens (primary N) is 1. The van der Waals surface area contributed by atoms with E-state index in [0.29, 0.717) is 12.1 Å². The Morgan fingerprint density at radius 2 is 1.62 bits per heavy atom. The summed E-state index contributed by atoms with van der Waals surface area (Å²) >= 11 is 0. The van der Waals surface area contributed by atoms with E-state index in [9.17, 15) is 4.39 Å². The molecule has 0 saturated carbocycles. The van der Waals surface area contributed by atoms with Gasteiger partial charge in [0.2, 0.25) is 0 Å². The predicted molar refractivity (Wildman–Crippen MR) is 74.4 cm³/mol. The second-order valence-corrected chi connectivity index (χ2v) is 2.74. The molecule has 0 aliphatic heterocycles. The molecule has 2 heteroatoms. The van der Waals surface area contributed by atoms with E-state index in [2.05, 4.69) is 6.58 Å². The van der Waals surface area contributed by atoms with E-state index in [0.717, 1.165) is 11.1 Å². The summed E-state index contributed by atoms with van der Waals surface area (Å²) < 4.78 is 12.4. The van der Waals surface area contributed by atoms with Crippen LogP contribution in [0.25, 0.3) is 0 Å². The zero-order valence-electron chi connectivity index (χ0n) is 11.7. The molecule has 0 radical (unpaired) electrons.